The van der Waals surface area contributed by atoms with E-state index in [9.17, 15) is 14.7 Å². The van der Waals surface area contributed by atoms with Gasteiger partial charge in [-0.05, 0) is 60.5 Å². The highest BCUT2D eigenvalue weighted by atomic mass is 32.2. The molecular weight excluding hydrogens is 388 g/mol. The van der Waals surface area contributed by atoms with Crippen molar-refractivity contribution in [3.8, 4) is 5.75 Å². The quantitative estimate of drug-likeness (QED) is 0.637. The van der Waals surface area contributed by atoms with E-state index in [1.165, 1.54) is 0 Å². The topological polar surface area (TPSA) is 88.5 Å². The molecular formula is C22H24N2O4S. The highest BCUT2D eigenvalue weighted by Crippen LogP contribution is 2.26. The van der Waals surface area contributed by atoms with E-state index in [2.05, 4.69) is 23.3 Å². The summed E-state index contributed by atoms with van der Waals surface area (Å²) in [5.74, 6) is 0.359. The SMILES string of the molecule is CCCc1cc(CCOc2ccc(C=C3SC(=O)NC3=O)cc2)ncc1C(C)O. The van der Waals surface area contributed by atoms with E-state index in [-0.39, 0.29) is 11.1 Å². The summed E-state index contributed by atoms with van der Waals surface area (Å²) in [6, 6.07) is 9.40. The molecule has 1 atom stereocenters. The maximum atomic E-state index is 11.6. The van der Waals surface area contributed by atoms with Crippen molar-refractivity contribution in [3.05, 3.63) is 63.8 Å². The fourth-order valence-corrected chi connectivity index (χ4v) is 3.74. The van der Waals surface area contributed by atoms with Crippen LogP contribution < -0.4 is 10.1 Å². The molecule has 29 heavy (non-hydrogen) atoms. The lowest BCUT2D eigenvalue weighted by molar-refractivity contribution is -0.115. The highest BCUT2D eigenvalue weighted by Gasteiger charge is 2.24. The van der Waals surface area contributed by atoms with E-state index in [0.29, 0.717) is 17.9 Å². The van der Waals surface area contributed by atoms with Gasteiger partial charge in [0.05, 0.1) is 17.6 Å². The van der Waals surface area contributed by atoms with E-state index in [4.69, 9.17) is 4.74 Å². The van der Waals surface area contributed by atoms with Gasteiger partial charge in [0, 0.05) is 23.9 Å². The van der Waals surface area contributed by atoms with Crippen molar-refractivity contribution in [1.29, 1.82) is 0 Å². The van der Waals surface area contributed by atoms with Gasteiger partial charge in [-0.3, -0.25) is 19.9 Å². The lowest BCUT2D eigenvalue weighted by Crippen LogP contribution is -2.17. The second kappa shape index (κ2) is 9.71. The zero-order chi connectivity index (χ0) is 20.8. The molecule has 2 N–H and O–H groups in total. The van der Waals surface area contributed by atoms with Crippen LogP contribution in [0.25, 0.3) is 6.08 Å². The molecule has 1 saturated heterocycles. The van der Waals surface area contributed by atoms with Crippen molar-refractivity contribution in [2.45, 2.75) is 39.2 Å². The summed E-state index contributed by atoms with van der Waals surface area (Å²) in [7, 11) is 0. The number of hydrogen-bond acceptors (Lipinski definition) is 6. The van der Waals surface area contributed by atoms with E-state index < -0.39 is 6.10 Å². The molecule has 0 bridgehead atoms. The van der Waals surface area contributed by atoms with Crippen molar-refractivity contribution in [1.82, 2.24) is 10.3 Å². The smallest absolute Gasteiger partial charge is 0.290 e. The Morgan fingerprint density at radius 3 is 2.62 bits per heavy atom. The van der Waals surface area contributed by atoms with Crippen LogP contribution in [-0.4, -0.2) is 27.8 Å². The molecule has 3 rings (SSSR count). The molecule has 1 aromatic heterocycles. The van der Waals surface area contributed by atoms with Crippen molar-refractivity contribution in [2.75, 3.05) is 6.61 Å². The Labute approximate surface area is 174 Å². The molecule has 1 fully saturated rings. The van der Waals surface area contributed by atoms with Gasteiger partial charge in [-0.25, -0.2) is 0 Å². The molecule has 2 heterocycles. The summed E-state index contributed by atoms with van der Waals surface area (Å²) in [5.41, 5.74) is 3.78. The number of aliphatic hydroxyl groups excluding tert-OH is 1. The summed E-state index contributed by atoms with van der Waals surface area (Å²) in [4.78, 5) is 27.6. The largest absolute Gasteiger partial charge is 0.493 e. The van der Waals surface area contributed by atoms with Crippen LogP contribution in [0.1, 0.15) is 48.8 Å². The van der Waals surface area contributed by atoms with Crippen molar-refractivity contribution in [3.63, 3.8) is 0 Å². The first kappa shape index (κ1) is 21.1. The number of thioether (sulfide) groups is 1. The monoisotopic (exact) mass is 412 g/mol. The maximum Gasteiger partial charge on any atom is 0.290 e. The van der Waals surface area contributed by atoms with Crippen LogP contribution in [0, 0.1) is 0 Å². The van der Waals surface area contributed by atoms with Crippen molar-refractivity contribution >= 4 is 29.0 Å². The van der Waals surface area contributed by atoms with Gasteiger partial charge in [-0.15, -0.1) is 0 Å². The molecule has 1 aliphatic heterocycles. The Morgan fingerprint density at radius 2 is 2.00 bits per heavy atom. The first-order valence-electron chi connectivity index (χ1n) is 9.59. The first-order chi connectivity index (χ1) is 14.0. The fourth-order valence-electron chi connectivity index (χ4n) is 3.06. The highest BCUT2D eigenvalue weighted by molar-refractivity contribution is 8.18. The second-order valence-electron chi connectivity index (χ2n) is 6.82. The number of rotatable bonds is 8. The first-order valence-corrected chi connectivity index (χ1v) is 10.4. The molecule has 0 saturated carbocycles. The number of amides is 2. The van der Waals surface area contributed by atoms with Crippen LogP contribution in [0.5, 0.6) is 5.75 Å². The molecule has 1 aliphatic rings. The van der Waals surface area contributed by atoms with Gasteiger partial charge in [-0.1, -0.05) is 25.5 Å². The minimum Gasteiger partial charge on any atom is -0.493 e. The van der Waals surface area contributed by atoms with Gasteiger partial charge in [0.2, 0.25) is 0 Å². The summed E-state index contributed by atoms with van der Waals surface area (Å²) < 4.78 is 5.80. The number of ether oxygens (including phenoxy) is 1. The summed E-state index contributed by atoms with van der Waals surface area (Å²) in [6.07, 6.45) is 5.51. The number of imide groups is 1. The summed E-state index contributed by atoms with van der Waals surface area (Å²) in [5, 5.41) is 11.8. The molecule has 1 unspecified atom stereocenters. The molecule has 7 heteroatoms. The number of aromatic nitrogens is 1. The van der Waals surface area contributed by atoms with Crippen LogP contribution in [0.2, 0.25) is 0 Å². The predicted octanol–water partition coefficient (Wildman–Crippen LogP) is 4.03. The van der Waals surface area contributed by atoms with E-state index in [0.717, 1.165) is 52.7 Å². The lowest BCUT2D eigenvalue weighted by atomic mass is 10.0. The number of nitrogens with one attached hydrogen (secondary N) is 1. The molecule has 2 aromatic rings. The molecule has 6 nitrogen and oxygen atoms in total. The van der Waals surface area contributed by atoms with E-state index >= 15 is 0 Å². The predicted molar refractivity (Wildman–Crippen MR) is 114 cm³/mol. The van der Waals surface area contributed by atoms with E-state index in [1.54, 1.807) is 19.2 Å². The van der Waals surface area contributed by atoms with Gasteiger partial charge in [0.15, 0.2) is 0 Å². The van der Waals surface area contributed by atoms with Crippen LogP contribution in [0.3, 0.4) is 0 Å². The van der Waals surface area contributed by atoms with Gasteiger partial charge < -0.3 is 9.84 Å². The Kier molecular flexibility index (Phi) is 7.06. The van der Waals surface area contributed by atoms with Crippen molar-refractivity contribution in [2.24, 2.45) is 0 Å². The molecule has 0 radical (unpaired) electrons. The Balaban J connectivity index is 1.57. The molecule has 2 amide bonds. The van der Waals surface area contributed by atoms with Crippen LogP contribution >= 0.6 is 11.8 Å². The number of carbonyl (C=O) groups excluding carboxylic acids is 2. The minimum atomic E-state index is -0.519. The van der Waals surface area contributed by atoms with Crippen LogP contribution in [0.15, 0.2) is 41.4 Å². The van der Waals surface area contributed by atoms with Gasteiger partial charge in [0.1, 0.15) is 5.75 Å². The molecule has 0 spiro atoms. The number of benzene rings is 1. The molecule has 152 valence electrons. The minimum absolute atomic E-state index is 0.349. The Morgan fingerprint density at radius 1 is 1.24 bits per heavy atom. The molecule has 1 aromatic carbocycles. The zero-order valence-corrected chi connectivity index (χ0v) is 17.3. The number of aliphatic hydroxyl groups is 1. The maximum absolute atomic E-state index is 11.6. The van der Waals surface area contributed by atoms with Crippen LogP contribution in [-0.2, 0) is 17.6 Å². The van der Waals surface area contributed by atoms with Gasteiger partial charge >= 0.3 is 0 Å². The van der Waals surface area contributed by atoms with Crippen LogP contribution in [0.4, 0.5) is 4.79 Å². The third-order valence-electron chi connectivity index (χ3n) is 4.50. The average Bonchev–Trinajstić information content (AvgIpc) is 3.00. The summed E-state index contributed by atoms with van der Waals surface area (Å²) >= 11 is 0.899. The number of hydrogen-bond donors (Lipinski definition) is 2. The average molecular weight is 413 g/mol. The fraction of sp³-hybridized carbons (Fsp3) is 0.318. The Hall–Kier alpha value is -2.64. The van der Waals surface area contributed by atoms with Gasteiger partial charge in [0.25, 0.3) is 11.1 Å². The molecule has 0 aliphatic carbocycles. The number of aryl methyl sites for hydroxylation is 1. The van der Waals surface area contributed by atoms with Crippen molar-refractivity contribution < 1.29 is 19.4 Å². The van der Waals surface area contributed by atoms with Gasteiger partial charge in [-0.2, -0.15) is 0 Å². The summed E-state index contributed by atoms with van der Waals surface area (Å²) in [6.45, 7) is 4.36. The zero-order valence-electron chi connectivity index (χ0n) is 16.5. The lowest BCUT2D eigenvalue weighted by Gasteiger charge is -2.13. The number of nitrogens with zero attached hydrogens (tertiary/aromatic N) is 1. The van der Waals surface area contributed by atoms with E-state index in [1.807, 2.05) is 24.3 Å². The number of carbonyl (C=O) groups is 2. The normalized spacial score (nSPS) is 16.2. The second-order valence-corrected chi connectivity index (χ2v) is 7.83. The third-order valence-corrected chi connectivity index (χ3v) is 5.31. The Bertz CT molecular complexity index is 923. The number of pyridine rings is 1. The standard InChI is InChI=1S/C22H24N2O4S/c1-3-4-16-12-17(23-13-19(16)14(2)25)9-10-28-18-7-5-15(6-8-18)11-20-21(26)24-22(27)29-20/h5-8,11-14,25H,3-4,9-10H2,1-2H3,(H,24,26,27). The third kappa shape index (κ3) is 5.68.